The maximum absolute atomic E-state index is 12.9. The molecular formula is C22H28NO4+. The van der Waals surface area contributed by atoms with Crippen LogP contribution in [0.2, 0.25) is 0 Å². The number of carbonyl (C=O) groups excluding carboxylic acids is 1. The number of nitrogens with zero attached hydrogens (tertiary/aromatic N) is 1. The van der Waals surface area contributed by atoms with Crippen molar-refractivity contribution in [3.8, 4) is 11.5 Å². The molecule has 1 saturated heterocycles. The van der Waals surface area contributed by atoms with E-state index in [1.165, 1.54) is 12.8 Å². The number of hydrogen-bond acceptors (Lipinski definition) is 4. The number of aromatic hydroxyl groups is 1. The van der Waals surface area contributed by atoms with Gasteiger partial charge in [0.25, 0.3) is 0 Å². The molecule has 2 heterocycles. The fourth-order valence-electron chi connectivity index (χ4n) is 7.59. The molecule has 0 amide bonds. The molecule has 5 aliphatic rings. The summed E-state index contributed by atoms with van der Waals surface area (Å²) in [5.74, 6) is 1.51. The lowest BCUT2D eigenvalue weighted by molar-refractivity contribution is -0.954. The fourth-order valence-corrected chi connectivity index (χ4v) is 7.59. The van der Waals surface area contributed by atoms with E-state index < -0.39 is 17.1 Å². The van der Waals surface area contributed by atoms with Crippen LogP contribution >= 0.6 is 0 Å². The summed E-state index contributed by atoms with van der Waals surface area (Å²) in [5, 5.41) is 22.8. The van der Waals surface area contributed by atoms with E-state index in [9.17, 15) is 15.0 Å². The van der Waals surface area contributed by atoms with Gasteiger partial charge < -0.3 is 19.4 Å². The smallest absolute Gasteiger partial charge is 0.174 e. The Morgan fingerprint density at radius 1 is 1.33 bits per heavy atom. The van der Waals surface area contributed by atoms with Gasteiger partial charge in [-0.1, -0.05) is 13.0 Å². The molecule has 2 N–H and O–H groups in total. The summed E-state index contributed by atoms with van der Waals surface area (Å²) in [6.45, 7) is 4.26. The van der Waals surface area contributed by atoms with Crippen molar-refractivity contribution >= 4 is 5.78 Å². The van der Waals surface area contributed by atoms with Crippen LogP contribution < -0.4 is 4.74 Å². The zero-order valence-electron chi connectivity index (χ0n) is 16.1. The van der Waals surface area contributed by atoms with Gasteiger partial charge in [-0.25, -0.2) is 0 Å². The van der Waals surface area contributed by atoms with Crippen LogP contribution in [0.3, 0.4) is 0 Å². The van der Waals surface area contributed by atoms with E-state index in [2.05, 4.69) is 14.0 Å². The van der Waals surface area contributed by atoms with Gasteiger partial charge in [0.15, 0.2) is 23.4 Å². The van der Waals surface area contributed by atoms with E-state index in [4.69, 9.17) is 4.74 Å². The predicted octanol–water partition coefficient (Wildman–Crippen LogP) is 1.92. The molecular weight excluding hydrogens is 342 g/mol. The van der Waals surface area contributed by atoms with Crippen LogP contribution in [-0.4, -0.2) is 58.4 Å². The maximum atomic E-state index is 12.9. The minimum absolute atomic E-state index is 0.0759. The standard InChI is InChI=1S/C22H27NO4/c1-12-10-23(2,11-13-3-4-13)17-9-14-5-6-15(24)19-18(14)22(12)20(27-19)16(25)7-8-21(17,22)26/h5-6,12-13,17,20,26H,3-4,7-11H2,1-2H3/p+1/t12?,17-,20+,21-,22+,23?/m1/s1. The monoisotopic (exact) mass is 370 g/mol. The zero-order valence-corrected chi connectivity index (χ0v) is 16.1. The van der Waals surface area contributed by atoms with Gasteiger partial charge in [-0.3, -0.25) is 4.79 Å². The number of likely N-dealkylation sites (N-methyl/N-ethyl adjacent to an activating group) is 1. The highest BCUT2D eigenvalue weighted by molar-refractivity contribution is 5.90. The number of carbonyl (C=O) groups is 1. The summed E-state index contributed by atoms with van der Waals surface area (Å²) in [6, 6.07) is 3.77. The molecule has 1 aromatic rings. The number of phenolic OH excluding ortho intramolecular Hbond substituents is 1. The van der Waals surface area contributed by atoms with Gasteiger partial charge in [-0.05, 0) is 30.9 Å². The lowest BCUT2D eigenvalue weighted by Gasteiger charge is -2.66. The summed E-state index contributed by atoms with van der Waals surface area (Å²) >= 11 is 0. The Kier molecular flexibility index (Phi) is 2.84. The minimum atomic E-state index is -0.959. The summed E-state index contributed by atoms with van der Waals surface area (Å²) < 4.78 is 7.04. The number of phenols is 1. The first-order valence-corrected chi connectivity index (χ1v) is 10.4. The number of rotatable bonds is 2. The number of piperidine rings is 1. The molecule has 2 aliphatic heterocycles. The molecule has 27 heavy (non-hydrogen) atoms. The molecule has 144 valence electrons. The fraction of sp³-hybridized carbons (Fsp3) is 0.682. The molecule has 2 saturated carbocycles. The minimum Gasteiger partial charge on any atom is -0.504 e. The van der Waals surface area contributed by atoms with Crippen LogP contribution in [0, 0.1) is 11.8 Å². The number of likely N-dealkylation sites (tertiary alicyclic amines) is 1. The number of quaternary nitrogens is 1. The molecule has 6 atom stereocenters. The number of hydrogen-bond donors (Lipinski definition) is 2. The first-order chi connectivity index (χ1) is 12.8. The molecule has 0 radical (unpaired) electrons. The van der Waals surface area contributed by atoms with Crippen molar-refractivity contribution in [2.24, 2.45) is 11.8 Å². The Bertz CT molecular complexity index is 879. The van der Waals surface area contributed by atoms with Crippen LogP contribution in [0.25, 0.3) is 0 Å². The molecule has 2 unspecified atom stereocenters. The summed E-state index contributed by atoms with van der Waals surface area (Å²) in [5.41, 5.74) is 0.417. The van der Waals surface area contributed by atoms with Crippen LogP contribution in [0.4, 0.5) is 0 Å². The summed E-state index contributed by atoms with van der Waals surface area (Å²) in [6.07, 6.45) is 3.61. The van der Waals surface area contributed by atoms with Crippen molar-refractivity contribution < 1.29 is 24.2 Å². The second kappa shape index (κ2) is 4.69. The second-order valence-corrected chi connectivity index (χ2v) is 10.1. The van der Waals surface area contributed by atoms with Crippen LogP contribution in [0.1, 0.15) is 43.7 Å². The molecule has 1 spiro atoms. The highest BCUT2D eigenvalue weighted by Gasteiger charge is 2.78. The maximum Gasteiger partial charge on any atom is 0.174 e. The van der Waals surface area contributed by atoms with Gasteiger partial charge in [0, 0.05) is 30.2 Å². The van der Waals surface area contributed by atoms with Gasteiger partial charge in [-0.15, -0.1) is 0 Å². The first-order valence-electron chi connectivity index (χ1n) is 10.4. The highest BCUT2D eigenvalue weighted by atomic mass is 16.5. The van der Waals surface area contributed by atoms with Gasteiger partial charge in [0.2, 0.25) is 0 Å². The van der Waals surface area contributed by atoms with E-state index >= 15 is 0 Å². The van der Waals surface area contributed by atoms with E-state index in [1.54, 1.807) is 6.07 Å². The predicted molar refractivity (Wildman–Crippen MR) is 98.7 cm³/mol. The quantitative estimate of drug-likeness (QED) is 0.781. The largest absolute Gasteiger partial charge is 0.504 e. The van der Waals surface area contributed by atoms with E-state index in [1.807, 2.05) is 6.07 Å². The van der Waals surface area contributed by atoms with Crippen molar-refractivity contribution in [1.82, 2.24) is 0 Å². The molecule has 5 nitrogen and oxygen atoms in total. The Hall–Kier alpha value is -1.59. The second-order valence-electron chi connectivity index (χ2n) is 10.1. The zero-order chi connectivity index (χ0) is 18.8. The molecule has 0 aromatic heterocycles. The molecule has 3 aliphatic carbocycles. The van der Waals surface area contributed by atoms with E-state index in [-0.39, 0.29) is 23.5 Å². The lowest BCUT2D eigenvalue weighted by Crippen LogP contribution is -2.83. The van der Waals surface area contributed by atoms with Crippen molar-refractivity contribution in [2.45, 2.75) is 62.2 Å². The van der Waals surface area contributed by atoms with Gasteiger partial charge in [0.1, 0.15) is 11.6 Å². The van der Waals surface area contributed by atoms with Gasteiger partial charge >= 0.3 is 0 Å². The van der Waals surface area contributed by atoms with E-state index in [0.717, 1.165) is 41.0 Å². The average Bonchev–Trinajstić information content (AvgIpc) is 3.32. The highest BCUT2D eigenvalue weighted by Crippen LogP contribution is 2.67. The summed E-state index contributed by atoms with van der Waals surface area (Å²) in [7, 11) is 2.32. The van der Waals surface area contributed by atoms with Crippen molar-refractivity contribution in [2.75, 3.05) is 20.1 Å². The van der Waals surface area contributed by atoms with Crippen molar-refractivity contribution in [3.05, 3.63) is 23.3 Å². The van der Waals surface area contributed by atoms with Gasteiger partial charge in [-0.2, -0.15) is 0 Å². The third kappa shape index (κ3) is 1.68. The third-order valence-electron chi connectivity index (χ3n) is 8.60. The number of ether oxygens (including phenoxy) is 1. The van der Waals surface area contributed by atoms with Crippen LogP contribution in [-0.2, 0) is 16.6 Å². The number of ketones is 1. The SMILES string of the molecule is CC1C[N+](C)(CC2CC2)[C@@H]2Cc3ccc(O)c4c3[C@]13[C@@H](O4)C(=O)CC[C@@]23O. The molecule has 3 fully saturated rings. The summed E-state index contributed by atoms with van der Waals surface area (Å²) in [4.78, 5) is 12.9. The molecule has 5 heteroatoms. The Balaban J connectivity index is 1.64. The Morgan fingerprint density at radius 3 is 2.85 bits per heavy atom. The Morgan fingerprint density at radius 2 is 2.11 bits per heavy atom. The normalized spacial score (nSPS) is 46.8. The number of aliphatic hydroxyl groups is 1. The lowest BCUT2D eigenvalue weighted by atomic mass is 9.45. The first kappa shape index (κ1) is 16.4. The Labute approximate surface area is 159 Å². The molecule has 2 bridgehead atoms. The number of benzene rings is 1. The van der Waals surface area contributed by atoms with Crippen molar-refractivity contribution in [1.29, 1.82) is 0 Å². The molecule has 1 aromatic carbocycles. The average molecular weight is 370 g/mol. The third-order valence-corrected chi connectivity index (χ3v) is 8.60. The van der Waals surface area contributed by atoms with Gasteiger partial charge in [0.05, 0.1) is 25.6 Å². The molecule has 6 rings (SSSR count). The topological polar surface area (TPSA) is 66.8 Å². The number of Topliss-reactive ketones (excluding diaryl/α,β-unsaturated/α-hetero) is 1. The van der Waals surface area contributed by atoms with Crippen LogP contribution in [0.15, 0.2) is 12.1 Å². The van der Waals surface area contributed by atoms with E-state index in [0.29, 0.717) is 18.6 Å². The van der Waals surface area contributed by atoms with Crippen LogP contribution in [0.5, 0.6) is 11.5 Å². The van der Waals surface area contributed by atoms with Crippen molar-refractivity contribution in [3.63, 3.8) is 0 Å².